The van der Waals surface area contributed by atoms with E-state index in [-0.39, 0.29) is 24.2 Å². The first kappa shape index (κ1) is 21.3. The van der Waals surface area contributed by atoms with Gasteiger partial charge < -0.3 is 10.2 Å². The second-order valence-corrected chi connectivity index (χ2v) is 8.76. The summed E-state index contributed by atoms with van der Waals surface area (Å²) < 4.78 is 13.8. The van der Waals surface area contributed by atoms with E-state index in [2.05, 4.69) is 51.4 Å². The van der Waals surface area contributed by atoms with Crippen LogP contribution in [0.4, 0.5) is 10.2 Å². The van der Waals surface area contributed by atoms with Crippen molar-refractivity contribution in [2.75, 3.05) is 18.0 Å². The van der Waals surface area contributed by atoms with Crippen LogP contribution in [-0.2, 0) is 11.3 Å². The number of rotatable bonds is 6. The molecule has 1 aromatic heterocycles. The minimum atomic E-state index is -0.301. The fourth-order valence-corrected chi connectivity index (χ4v) is 4.56. The van der Waals surface area contributed by atoms with Crippen LogP contribution in [0.15, 0.2) is 70.8 Å². The van der Waals surface area contributed by atoms with Gasteiger partial charge in [0.25, 0.3) is 0 Å². The molecule has 5 nitrogen and oxygen atoms in total. The average Bonchev–Trinajstić information content (AvgIpc) is 2.80. The molecule has 1 N–H and O–H groups in total. The van der Waals surface area contributed by atoms with E-state index in [1.807, 2.05) is 0 Å². The fraction of sp³-hybridized carbons (Fsp3) is 0.292. The Balaban J connectivity index is 1.43. The SMILES string of the molecule is Cc1ccc(Sc2nccnc2N2CCCC(C(=O)NCc3ccccc3F)C2)cc1. The maximum Gasteiger partial charge on any atom is 0.225 e. The van der Waals surface area contributed by atoms with Crippen molar-refractivity contribution in [3.05, 3.63) is 77.9 Å². The van der Waals surface area contributed by atoms with Gasteiger partial charge in [-0.2, -0.15) is 0 Å². The quantitative estimate of drug-likeness (QED) is 0.612. The van der Waals surface area contributed by atoms with Gasteiger partial charge in [0.05, 0.1) is 5.92 Å². The van der Waals surface area contributed by atoms with E-state index in [1.165, 1.54) is 11.6 Å². The molecule has 0 aliphatic carbocycles. The molecule has 0 bridgehead atoms. The van der Waals surface area contributed by atoms with Gasteiger partial charge in [-0.3, -0.25) is 4.79 Å². The third kappa shape index (κ3) is 5.41. The smallest absolute Gasteiger partial charge is 0.225 e. The topological polar surface area (TPSA) is 58.1 Å². The molecule has 0 spiro atoms. The van der Waals surface area contributed by atoms with E-state index >= 15 is 0 Å². The highest BCUT2D eigenvalue weighted by atomic mass is 32.2. The number of aromatic nitrogens is 2. The predicted octanol–water partition coefficient (Wildman–Crippen LogP) is 4.61. The Hall–Kier alpha value is -2.93. The first-order valence-electron chi connectivity index (χ1n) is 10.4. The highest BCUT2D eigenvalue weighted by Crippen LogP contribution is 2.34. The molecule has 0 saturated carbocycles. The van der Waals surface area contributed by atoms with Crippen LogP contribution in [0.5, 0.6) is 0 Å². The number of nitrogens with one attached hydrogen (secondary N) is 1. The zero-order valence-electron chi connectivity index (χ0n) is 17.4. The molecule has 0 radical (unpaired) electrons. The maximum absolute atomic E-state index is 13.8. The number of halogens is 1. The summed E-state index contributed by atoms with van der Waals surface area (Å²) in [7, 11) is 0. The van der Waals surface area contributed by atoms with Gasteiger partial charge in [0.2, 0.25) is 5.91 Å². The second kappa shape index (κ2) is 9.92. The molecule has 1 unspecified atom stereocenters. The van der Waals surface area contributed by atoms with Crippen LogP contribution in [0.2, 0.25) is 0 Å². The van der Waals surface area contributed by atoms with Crippen LogP contribution in [0.25, 0.3) is 0 Å². The largest absolute Gasteiger partial charge is 0.354 e. The lowest BCUT2D eigenvalue weighted by molar-refractivity contribution is -0.125. The molecule has 1 atom stereocenters. The van der Waals surface area contributed by atoms with E-state index in [9.17, 15) is 9.18 Å². The molecule has 7 heteroatoms. The number of hydrogen-bond donors (Lipinski definition) is 1. The summed E-state index contributed by atoms with van der Waals surface area (Å²) in [6.45, 7) is 3.66. The number of nitrogens with zero attached hydrogens (tertiary/aromatic N) is 3. The van der Waals surface area contributed by atoms with Gasteiger partial charge in [-0.25, -0.2) is 14.4 Å². The van der Waals surface area contributed by atoms with Crippen LogP contribution < -0.4 is 10.2 Å². The first-order chi connectivity index (χ1) is 15.1. The van der Waals surface area contributed by atoms with E-state index in [4.69, 9.17) is 0 Å². The van der Waals surface area contributed by atoms with Crippen LogP contribution in [0, 0.1) is 18.7 Å². The third-order valence-corrected chi connectivity index (χ3v) is 6.37. The lowest BCUT2D eigenvalue weighted by Crippen LogP contribution is -2.43. The summed E-state index contributed by atoms with van der Waals surface area (Å²) in [5, 5.41) is 3.73. The van der Waals surface area contributed by atoms with Crippen molar-refractivity contribution in [2.45, 2.75) is 36.2 Å². The Morgan fingerprint density at radius 1 is 1.16 bits per heavy atom. The molecule has 1 amide bonds. The summed E-state index contributed by atoms with van der Waals surface area (Å²) in [6.07, 6.45) is 5.09. The van der Waals surface area contributed by atoms with Crippen LogP contribution in [-0.4, -0.2) is 29.0 Å². The van der Waals surface area contributed by atoms with Gasteiger partial charge in [0, 0.05) is 42.5 Å². The van der Waals surface area contributed by atoms with E-state index < -0.39 is 0 Å². The lowest BCUT2D eigenvalue weighted by Gasteiger charge is -2.33. The second-order valence-electron chi connectivity index (χ2n) is 7.69. The first-order valence-corrected chi connectivity index (χ1v) is 11.2. The van der Waals surface area contributed by atoms with Crippen LogP contribution in [0.3, 0.4) is 0 Å². The molecule has 160 valence electrons. The maximum atomic E-state index is 13.8. The Kier molecular flexibility index (Phi) is 6.82. The van der Waals surface area contributed by atoms with Crippen molar-refractivity contribution in [3.8, 4) is 0 Å². The number of benzene rings is 2. The van der Waals surface area contributed by atoms with Gasteiger partial charge >= 0.3 is 0 Å². The minimum Gasteiger partial charge on any atom is -0.354 e. The number of aryl methyl sites for hydroxylation is 1. The van der Waals surface area contributed by atoms with Crippen LogP contribution >= 0.6 is 11.8 Å². The molecule has 4 rings (SSSR count). The average molecular weight is 437 g/mol. The van der Waals surface area contributed by atoms with Crippen molar-refractivity contribution in [2.24, 2.45) is 5.92 Å². The summed E-state index contributed by atoms with van der Waals surface area (Å²) in [6, 6.07) is 14.8. The molecule has 31 heavy (non-hydrogen) atoms. The monoisotopic (exact) mass is 436 g/mol. The normalized spacial score (nSPS) is 16.2. The van der Waals surface area contributed by atoms with E-state index in [1.54, 1.807) is 42.4 Å². The summed E-state index contributed by atoms with van der Waals surface area (Å²) >= 11 is 1.58. The van der Waals surface area contributed by atoms with Crippen molar-refractivity contribution >= 4 is 23.5 Å². The Bertz CT molecular complexity index is 1040. The number of piperidine rings is 1. The molecule has 1 aliphatic rings. The fourth-order valence-electron chi connectivity index (χ4n) is 3.68. The van der Waals surface area contributed by atoms with Gasteiger partial charge in [0.15, 0.2) is 5.82 Å². The molecule has 1 saturated heterocycles. The Morgan fingerprint density at radius 3 is 2.74 bits per heavy atom. The summed E-state index contributed by atoms with van der Waals surface area (Å²) in [5.74, 6) is 0.286. The summed E-state index contributed by atoms with van der Waals surface area (Å²) in [4.78, 5) is 25.1. The van der Waals surface area contributed by atoms with Gasteiger partial charge in [0.1, 0.15) is 10.8 Å². The number of amides is 1. The number of hydrogen-bond acceptors (Lipinski definition) is 5. The number of anilines is 1. The molecule has 2 aromatic carbocycles. The number of carbonyl (C=O) groups excluding carboxylic acids is 1. The lowest BCUT2D eigenvalue weighted by atomic mass is 9.97. The Labute approximate surface area is 186 Å². The van der Waals surface area contributed by atoms with Crippen molar-refractivity contribution in [3.63, 3.8) is 0 Å². The molecular weight excluding hydrogens is 411 g/mol. The minimum absolute atomic E-state index is 0.0513. The Morgan fingerprint density at radius 2 is 1.94 bits per heavy atom. The van der Waals surface area contributed by atoms with E-state index in [0.717, 1.165) is 35.1 Å². The van der Waals surface area contributed by atoms with Crippen LogP contribution in [0.1, 0.15) is 24.0 Å². The molecule has 1 aliphatic heterocycles. The highest BCUT2D eigenvalue weighted by molar-refractivity contribution is 7.99. The highest BCUT2D eigenvalue weighted by Gasteiger charge is 2.28. The molecule has 3 aromatic rings. The number of carbonyl (C=O) groups is 1. The van der Waals surface area contributed by atoms with Gasteiger partial charge in [-0.05, 0) is 38.0 Å². The third-order valence-electron chi connectivity index (χ3n) is 5.38. The molecule has 1 fully saturated rings. The van der Waals surface area contributed by atoms with Gasteiger partial charge in [-0.15, -0.1) is 0 Å². The van der Waals surface area contributed by atoms with Gasteiger partial charge in [-0.1, -0.05) is 47.7 Å². The summed E-state index contributed by atoms with van der Waals surface area (Å²) in [5.41, 5.74) is 1.71. The molecular formula is C24H25FN4OS. The van der Waals surface area contributed by atoms with Crippen molar-refractivity contribution < 1.29 is 9.18 Å². The zero-order valence-corrected chi connectivity index (χ0v) is 18.2. The standard InChI is InChI=1S/C24H25FN4OS/c1-17-8-10-20(11-9-17)31-24-22(26-12-13-27-24)29-14-4-6-19(16-29)23(30)28-15-18-5-2-3-7-21(18)25/h2-3,5,7-13,19H,4,6,14-16H2,1H3,(H,28,30). The van der Waals surface area contributed by atoms with Crippen molar-refractivity contribution in [1.29, 1.82) is 0 Å². The van der Waals surface area contributed by atoms with Crippen molar-refractivity contribution in [1.82, 2.24) is 15.3 Å². The zero-order chi connectivity index (χ0) is 21.6. The predicted molar refractivity (Wildman–Crippen MR) is 121 cm³/mol. The van der Waals surface area contributed by atoms with E-state index in [0.29, 0.717) is 12.1 Å². The molecule has 2 heterocycles.